The van der Waals surface area contributed by atoms with Gasteiger partial charge in [0.15, 0.2) is 6.61 Å². The molecule has 0 aliphatic carbocycles. The van der Waals surface area contributed by atoms with E-state index in [1.54, 1.807) is 6.21 Å². The quantitative estimate of drug-likeness (QED) is 0.272. The molecular weight excluding hydrogens is 316 g/mol. The van der Waals surface area contributed by atoms with Crippen LogP contribution in [0.5, 0.6) is 5.75 Å². The zero-order chi connectivity index (χ0) is 18.1. The zero-order valence-electron chi connectivity index (χ0n) is 15.4. The second kappa shape index (κ2) is 9.46. The van der Waals surface area contributed by atoms with E-state index in [1.165, 1.54) is 0 Å². The third-order valence-corrected chi connectivity index (χ3v) is 3.67. The molecule has 0 saturated carbocycles. The van der Waals surface area contributed by atoms with Crippen molar-refractivity contribution in [3.8, 4) is 5.75 Å². The first-order valence-corrected chi connectivity index (χ1v) is 8.50. The van der Waals surface area contributed by atoms with Crippen molar-refractivity contribution in [2.45, 2.75) is 20.5 Å². The van der Waals surface area contributed by atoms with Gasteiger partial charge in [-0.2, -0.15) is 5.43 Å². The number of hydrazone groups is 1. The van der Waals surface area contributed by atoms with E-state index < -0.39 is 0 Å². The number of ether oxygens (including phenoxy) is 1. The maximum atomic E-state index is 5.85. The summed E-state index contributed by atoms with van der Waals surface area (Å²) in [6, 6.07) is 7.85. The summed E-state index contributed by atoms with van der Waals surface area (Å²) in [5, 5.41) is 7.41. The Labute approximate surface area is 149 Å². The molecule has 0 saturated heterocycles. The van der Waals surface area contributed by atoms with E-state index in [4.69, 9.17) is 4.74 Å². The molecule has 0 atom stereocenters. The molecule has 0 spiro atoms. The molecule has 134 valence electrons. The molecule has 2 aromatic rings. The maximum Gasteiger partial charge on any atom is 0.367 e. The van der Waals surface area contributed by atoms with E-state index in [1.807, 2.05) is 64.6 Å². The fraction of sp³-hybridized carbons (Fsp3) is 0.389. The molecule has 7 heteroatoms. The Hall–Kier alpha value is -2.83. The molecule has 1 aromatic carbocycles. The van der Waals surface area contributed by atoms with Gasteiger partial charge in [0, 0.05) is 0 Å². The lowest BCUT2D eigenvalue weighted by Gasteiger charge is -2.04. The molecule has 1 heterocycles. The van der Waals surface area contributed by atoms with E-state index >= 15 is 0 Å². The van der Waals surface area contributed by atoms with Gasteiger partial charge in [-0.25, -0.2) is 9.13 Å². The number of guanidine groups is 1. The lowest BCUT2D eigenvalue weighted by Crippen LogP contribution is -2.78. The van der Waals surface area contributed by atoms with Crippen LogP contribution in [0.4, 0.5) is 0 Å². The standard InChI is InChI=1S/C18H27N6O/c1-5-19-18(20-6-2)22-21-13-15-7-9-16(10-8-15)25-14-17-23(3)11-12-24(17)4/h7-13H,5-6,14H2,1-4H3,(H2,19,20,22)/q+1/p+1/b21-13-. The summed E-state index contributed by atoms with van der Waals surface area (Å²) in [4.78, 5) is 3.17. The molecule has 0 bridgehead atoms. The highest BCUT2D eigenvalue weighted by Gasteiger charge is 2.11. The molecular formula is C18H28N6O+2. The first-order valence-electron chi connectivity index (χ1n) is 8.50. The van der Waals surface area contributed by atoms with Crippen molar-refractivity contribution in [1.29, 1.82) is 0 Å². The van der Waals surface area contributed by atoms with Crippen LogP contribution in [0.2, 0.25) is 0 Å². The Morgan fingerprint density at radius 3 is 2.68 bits per heavy atom. The van der Waals surface area contributed by atoms with Crippen LogP contribution in [0.3, 0.4) is 0 Å². The van der Waals surface area contributed by atoms with Crippen LogP contribution in [-0.2, 0) is 20.7 Å². The Kier molecular flexibility index (Phi) is 7.00. The van der Waals surface area contributed by atoms with Crippen LogP contribution >= 0.6 is 0 Å². The van der Waals surface area contributed by atoms with Gasteiger partial charge in [-0.1, -0.05) is 0 Å². The van der Waals surface area contributed by atoms with Gasteiger partial charge in [-0.15, -0.1) is 5.10 Å². The summed E-state index contributed by atoms with van der Waals surface area (Å²) in [6.07, 6.45) is 5.80. The predicted octanol–water partition coefficient (Wildman–Crippen LogP) is -0.582. The molecule has 0 aliphatic rings. The van der Waals surface area contributed by atoms with Crippen molar-refractivity contribution < 1.29 is 14.3 Å². The second-order valence-corrected chi connectivity index (χ2v) is 5.60. The van der Waals surface area contributed by atoms with Crippen LogP contribution in [0.1, 0.15) is 25.2 Å². The fourth-order valence-corrected chi connectivity index (χ4v) is 2.29. The van der Waals surface area contributed by atoms with Crippen molar-refractivity contribution >= 4 is 12.2 Å². The molecule has 0 aliphatic heterocycles. The van der Waals surface area contributed by atoms with Crippen LogP contribution in [-0.4, -0.2) is 29.8 Å². The number of aromatic nitrogens is 2. The number of imidazole rings is 1. The number of aryl methyl sites for hydroxylation is 2. The average Bonchev–Trinajstić information content (AvgIpc) is 2.93. The van der Waals surface area contributed by atoms with Gasteiger partial charge < -0.3 is 4.74 Å². The monoisotopic (exact) mass is 344 g/mol. The largest absolute Gasteiger partial charge is 0.481 e. The number of nitrogens with zero attached hydrogens (tertiary/aromatic N) is 3. The third-order valence-electron chi connectivity index (χ3n) is 3.67. The van der Waals surface area contributed by atoms with Gasteiger partial charge in [0.05, 0.1) is 33.4 Å². The SMILES string of the molecule is CCNC(N/N=C\c1ccc(OCc2n(C)cc[n+]2C)cc1)=[NH+]CC. The second-order valence-electron chi connectivity index (χ2n) is 5.60. The van der Waals surface area contributed by atoms with E-state index in [-0.39, 0.29) is 0 Å². The third kappa shape index (κ3) is 5.63. The topological polar surface area (TPSA) is 68.4 Å². The van der Waals surface area contributed by atoms with Gasteiger partial charge in [-0.3, -0.25) is 10.3 Å². The maximum absolute atomic E-state index is 5.85. The number of hydrogen-bond acceptors (Lipinski definition) is 2. The Balaban J connectivity index is 1.89. The van der Waals surface area contributed by atoms with E-state index in [9.17, 15) is 0 Å². The first kappa shape index (κ1) is 18.5. The highest BCUT2D eigenvalue weighted by molar-refractivity contribution is 5.81. The van der Waals surface area contributed by atoms with Crippen molar-refractivity contribution in [1.82, 2.24) is 15.3 Å². The fourth-order valence-electron chi connectivity index (χ4n) is 2.29. The van der Waals surface area contributed by atoms with E-state index in [2.05, 4.69) is 30.0 Å². The highest BCUT2D eigenvalue weighted by Crippen LogP contribution is 2.12. The minimum atomic E-state index is 0.526. The molecule has 0 fully saturated rings. The van der Waals surface area contributed by atoms with Crippen molar-refractivity contribution in [2.24, 2.45) is 19.2 Å². The lowest BCUT2D eigenvalue weighted by atomic mass is 10.2. The Morgan fingerprint density at radius 2 is 2.08 bits per heavy atom. The zero-order valence-corrected chi connectivity index (χ0v) is 15.4. The van der Waals surface area contributed by atoms with Crippen molar-refractivity contribution in [2.75, 3.05) is 13.1 Å². The minimum absolute atomic E-state index is 0.526. The smallest absolute Gasteiger partial charge is 0.367 e. The number of rotatable bonds is 7. The summed E-state index contributed by atoms with van der Waals surface area (Å²) >= 11 is 0. The van der Waals surface area contributed by atoms with Gasteiger partial charge >= 0.3 is 5.96 Å². The normalized spacial score (nSPS) is 11.8. The number of hydrogen-bond donors (Lipinski definition) is 3. The molecule has 0 radical (unpaired) electrons. The molecule has 25 heavy (non-hydrogen) atoms. The van der Waals surface area contributed by atoms with E-state index in [0.29, 0.717) is 6.61 Å². The van der Waals surface area contributed by atoms with E-state index in [0.717, 1.165) is 36.2 Å². The highest BCUT2D eigenvalue weighted by atomic mass is 16.5. The number of benzene rings is 1. The Bertz CT molecular complexity index is 698. The van der Waals surface area contributed by atoms with Crippen molar-refractivity contribution in [3.05, 3.63) is 48.0 Å². The van der Waals surface area contributed by atoms with Gasteiger partial charge in [0.25, 0.3) is 5.82 Å². The van der Waals surface area contributed by atoms with Gasteiger partial charge in [0.2, 0.25) is 0 Å². The van der Waals surface area contributed by atoms with Crippen LogP contribution in [0.15, 0.2) is 41.8 Å². The minimum Gasteiger partial charge on any atom is -0.481 e. The lowest BCUT2D eigenvalue weighted by molar-refractivity contribution is -0.680. The number of nitrogens with one attached hydrogen (secondary N) is 3. The molecule has 1 aromatic heterocycles. The average molecular weight is 344 g/mol. The van der Waals surface area contributed by atoms with Crippen LogP contribution in [0.25, 0.3) is 0 Å². The van der Waals surface area contributed by atoms with Gasteiger partial charge in [0.1, 0.15) is 18.1 Å². The summed E-state index contributed by atoms with van der Waals surface area (Å²) in [5.41, 5.74) is 3.96. The summed E-state index contributed by atoms with van der Waals surface area (Å²) in [6.45, 7) is 6.26. The predicted molar refractivity (Wildman–Crippen MR) is 98.3 cm³/mol. The summed E-state index contributed by atoms with van der Waals surface area (Å²) < 4.78 is 9.95. The van der Waals surface area contributed by atoms with Gasteiger partial charge in [-0.05, 0) is 43.7 Å². The molecule has 3 N–H and O–H groups in total. The molecule has 0 amide bonds. The summed E-state index contributed by atoms with van der Waals surface area (Å²) in [5.74, 6) is 2.74. The van der Waals surface area contributed by atoms with Crippen LogP contribution < -0.4 is 25.0 Å². The van der Waals surface area contributed by atoms with Crippen molar-refractivity contribution in [3.63, 3.8) is 0 Å². The van der Waals surface area contributed by atoms with Crippen LogP contribution in [0, 0.1) is 0 Å². The summed E-state index contributed by atoms with van der Waals surface area (Å²) in [7, 11) is 4.02. The Morgan fingerprint density at radius 1 is 1.32 bits per heavy atom. The molecule has 7 nitrogen and oxygen atoms in total. The molecule has 0 unspecified atom stereocenters. The first-order chi connectivity index (χ1) is 12.1. The molecule has 2 rings (SSSR count).